The molecule has 0 aromatic carbocycles. The van der Waals surface area contributed by atoms with Gasteiger partial charge in [0.25, 0.3) is 0 Å². The molecular formula is C13H20O. The highest BCUT2D eigenvalue weighted by molar-refractivity contribution is 5.26. The van der Waals surface area contributed by atoms with Crippen molar-refractivity contribution < 1.29 is 5.11 Å². The van der Waals surface area contributed by atoms with E-state index in [0.717, 1.165) is 32.1 Å². The monoisotopic (exact) mass is 192 g/mol. The average Bonchev–Trinajstić information content (AvgIpc) is 2.47. The van der Waals surface area contributed by atoms with Gasteiger partial charge in [0.05, 0.1) is 0 Å². The normalized spacial score (nSPS) is 33.6. The van der Waals surface area contributed by atoms with Gasteiger partial charge < -0.3 is 5.11 Å². The standard InChI is InChI=1S/C13H20O/c14-13(10-6-3-7-11-13)12-8-4-1-2-5-9-12/h6,8,10,14H,1-5,7,9,11H2. The van der Waals surface area contributed by atoms with Gasteiger partial charge in [-0.1, -0.05) is 24.6 Å². The highest BCUT2D eigenvalue weighted by Crippen LogP contribution is 2.34. The average molecular weight is 192 g/mol. The Kier molecular flexibility index (Phi) is 3.07. The lowest BCUT2D eigenvalue weighted by molar-refractivity contribution is 0.108. The van der Waals surface area contributed by atoms with Crippen LogP contribution in [0, 0.1) is 0 Å². The largest absolute Gasteiger partial charge is 0.381 e. The Labute approximate surface area is 86.5 Å². The quantitative estimate of drug-likeness (QED) is 0.632. The molecule has 0 bridgehead atoms. The van der Waals surface area contributed by atoms with Gasteiger partial charge in [-0.15, -0.1) is 0 Å². The molecule has 78 valence electrons. The molecule has 1 unspecified atom stereocenters. The third kappa shape index (κ3) is 2.09. The lowest BCUT2D eigenvalue weighted by Crippen LogP contribution is -2.30. The summed E-state index contributed by atoms with van der Waals surface area (Å²) in [5.74, 6) is 0. The molecule has 2 aliphatic rings. The third-order valence-electron chi connectivity index (χ3n) is 3.42. The Hall–Kier alpha value is -0.560. The molecule has 0 aromatic rings. The van der Waals surface area contributed by atoms with E-state index in [1.54, 1.807) is 0 Å². The second kappa shape index (κ2) is 4.31. The lowest BCUT2D eigenvalue weighted by atomic mass is 9.82. The first-order valence-corrected chi connectivity index (χ1v) is 5.91. The minimum absolute atomic E-state index is 0.581. The predicted octanol–water partition coefficient (Wildman–Crippen LogP) is 3.35. The van der Waals surface area contributed by atoms with E-state index in [4.69, 9.17) is 0 Å². The van der Waals surface area contributed by atoms with E-state index in [1.165, 1.54) is 24.8 Å². The molecule has 1 atom stereocenters. The van der Waals surface area contributed by atoms with Gasteiger partial charge in [0.2, 0.25) is 0 Å². The minimum atomic E-state index is -0.581. The van der Waals surface area contributed by atoms with Gasteiger partial charge in [-0.25, -0.2) is 0 Å². The van der Waals surface area contributed by atoms with Crippen LogP contribution in [0.4, 0.5) is 0 Å². The molecule has 0 aromatic heterocycles. The SMILES string of the molecule is OC1(C2=CCCCCC2)C=CCCC1. The summed E-state index contributed by atoms with van der Waals surface area (Å²) in [5, 5.41) is 10.5. The zero-order valence-electron chi connectivity index (χ0n) is 8.84. The Bertz CT molecular complexity index is 252. The molecule has 2 aliphatic carbocycles. The summed E-state index contributed by atoms with van der Waals surface area (Å²) < 4.78 is 0. The summed E-state index contributed by atoms with van der Waals surface area (Å²) in [4.78, 5) is 0. The van der Waals surface area contributed by atoms with Crippen molar-refractivity contribution in [3.8, 4) is 0 Å². The van der Waals surface area contributed by atoms with Gasteiger partial charge in [-0.3, -0.25) is 0 Å². The number of allylic oxidation sites excluding steroid dienone is 2. The number of aliphatic hydroxyl groups is 1. The summed E-state index contributed by atoms with van der Waals surface area (Å²) in [6.45, 7) is 0. The van der Waals surface area contributed by atoms with Crippen molar-refractivity contribution in [3.05, 3.63) is 23.8 Å². The molecule has 1 nitrogen and oxygen atoms in total. The van der Waals surface area contributed by atoms with Gasteiger partial charge in [-0.05, 0) is 50.5 Å². The van der Waals surface area contributed by atoms with E-state index in [9.17, 15) is 5.11 Å². The maximum Gasteiger partial charge on any atom is 0.104 e. The van der Waals surface area contributed by atoms with Crippen molar-refractivity contribution >= 4 is 0 Å². The predicted molar refractivity (Wildman–Crippen MR) is 59.1 cm³/mol. The van der Waals surface area contributed by atoms with Crippen molar-refractivity contribution in [1.29, 1.82) is 0 Å². The van der Waals surface area contributed by atoms with Crippen LogP contribution in [0.2, 0.25) is 0 Å². The molecule has 2 rings (SSSR count). The van der Waals surface area contributed by atoms with Gasteiger partial charge in [0, 0.05) is 0 Å². The second-order valence-electron chi connectivity index (χ2n) is 4.55. The Morgan fingerprint density at radius 2 is 2.00 bits per heavy atom. The van der Waals surface area contributed by atoms with E-state index in [1.807, 2.05) is 6.08 Å². The maximum absolute atomic E-state index is 10.5. The van der Waals surface area contributed by atoms with Crippen LogP contribution >= 0.6 is 0 Å². The molecule has 0 heterocycles. The first kappa shape index (κ1) is 9.97. The third-order valence-corrected chi connectivity index (χ3v) is 3.42. The summed E-state index contributed by atoms with van der Waals surface area (Å²) in [6, 6.07) is 0. The zero-order chi connectivity index (χ0) is 9.86. The summed E-state index contributed by atoms with van der Waals surface area (Å²) >= 11 is 0. The fraction of sp³-hybridized carbons (Fsp3) is 0.692. The lowest BCUT2D eigenvalue weighted by Gasteiger charge is -2.30. The van der Waals surface area contributed by atoms with Gasteiger partial charge >= 0.3 is 0 Å². The van der Waals surface area contributed by atoms with Crippen LogP contribution in [-0.2, 0) is 0 Å². The minimum Gasteiger partial charge on any atom is -0.381 e. The molecule has 0 saturated heterocycles. The van der Waals surface area contributed by atoms with Gasteiger partial charge in [0.1, 0.15) is 5.60 Å². The molecule has 1 N–H and O–H groups in total. The first-order chi connectivity index (χ1) is 6.81. The molecule has 1 heteroatoms. The Morgan fingerprint density at radius 1 is 1.07 bits per heavy atom. The van der Waals surface area contributed by atoms with Crippen molar-refractivity contribution in [3.63, 3.8) is 0 Å². The molecule has 0 saturated carbocycles. The molecule has 14 heavy (non-hydrogen) atoms. The van der Waals surface area contributed by atoms with E-state index in [0.29, 0.717) is 0 Å². The maximum atomic E-state index is 10.5. The molecule has 0 radical (unpaired) electrons. The first-order valence-electron chi connectivity index (χ1n) is 5.91. The zero-order valence-corrected chi connectivity index (χ0v) is 8.84. The van der Waals surface area contributed by atoms with E-state index < -0.39 is 5.60 Å². The van der Waals surface area contributed by atoms with Crippen LogP contribution in [0.5, 0.6) is 0 Å². The van der Waals surface area contributed by atoms with Crippen LogP contribution in [-0.4, -0.2) is 10.7 Å². The number of hydrogen-bond donors (Lipinski definition) is 1. The molecule has 0 amide bonds. The molecule has 0 fully saturated rings. The fourth-order valence-corrected chi connectivity index (χ4v) is 2.53. The van der Waals surface area contributed by atoms with E-state index in [2.05, 4.69) is 12.2 Å². The fourth-order valence-electron chi connectivity index (χ4n) is 2.53. The van der Waals surface area contributed by atoms with Gasteiger partial charge in [-0.2, -0.15) is 0 Å². The van der Waals surface area contributed by atoms with Crippen molar-refractivity contribution in [2.24, 2.45) is 0 Å². The van der Waals surface area contributed by atoms with Crippen LogP contribution in [0.1, 0.15) is 51.4 Å². The van der Waals surface area contributed by atoms with Crippen molar-refractivity contribution in [2.75, 3.05) is 0 Å². The number of hydrogen-bond acceptors (Lipinski definition) is 1. The highest BCUT2D eigenvalue weighted by Gasteiger charge is 2.29. The topological polar surface area (TPSA) is 20.2 Å². The van der Waals surface area contributed by atoms with Crippen LogP contribution in [0.15, 0.2) is 23.8 Å². The summed E-state index contributed by atoms with van der Waals surface area (Å²) in [5.41, 5.74) is 0.703. The summed E-state index contributed by atoms with van der Waals surface area (Å²) in [6.07, 6.45) is 15.7. The van der Waals surface area contributed by atoms with Gasteiger partial charge in [0.15, 0.2) is 0 Å². The highest BCUT2D eigenvalue weighted by atomic mass is 16.3. The molecular weight excluding hydrogens is 172 g/mol. The van der Waals surface area contributed by atoms with E-state index in [-0.39, 0.29) is 0 Å². The van der Waals surface area contributed by atoms with Crippen LogP contribution < -0.4 is 0 Å². The second-order valence-corrected chi connectivity index (χ2v) is 4.55. The number of rotatable bonds is 1. The Balaban J connectivity index is 2.14. The van der Waals surface area contributed by atoms with Crippen molar-refractivity contribution in [2.45, 2.75) is 57.0 Å². The smallest absolute Gasteiger partial charge is 0.104 e. The van der Waals surface area contributed by atoms with Crippen LogP contribution in [0.3, 0.4) is 0 Å². The Morgan fingerprint density at radius 3 is 2.79 bits per heavy atom. The van der Waals surface area contributed by atoms with E-state index >= 15 is 0 Å². The summed E-state index contributed by atoms with van der Waals surface area (Å²) in [7, 11) is 0. The van der Waals surface area contributed by atoms with Crippen LogP contribution in [0.25, 0.3) is 0 Å². The molecule has 0 aliphatic heterocycles. The van der Waals surface area contributed by atoms with Crippen molar-refractivity contribution in [1.82, 2.24) is 0 Å². The molecule has 0 spiro atoms.